The van der Waals surface area contributed by atoms with Gasteiger partial charge in [0.2, 0.25) is 10.0 Å². The van der Waals surface area contributed by atoms with Gasteiger partial charge >= 0.3 is 0 Å². The van der Waals surface area contributed by atoms with Crippen molar-refractivity contribution < 1.29 is 13.3 Å². The molecule has 4 rings (SSSR count). The van der Waals surface area contributed by atoms with Gasteiger partial charge < -0.3 is 5.32 Å². The average Bonchev–Trinajstić information content (AvgIpc) is 3.10. The highest BCUT2D eigenvalue weighted by Gasteiger charge is 2.38. The summed E-state index contributed by atoms with van der Waals surface area (Å²) in [6.45, 7) is 0. The van der Waals surface area contributed by atoms with Crippen LogP contribution in [0.3, 0.4) is 0 Å². The van der Waals surface area contributed by atoms with E-state index in [0.29, 0.717) is 0 Å². The molecule has 0 radical (unpaired) electrons. The summed E-state index contributed by atoms with van der Waals surface area (Å²) in [7, 11) is -3.76. The molecule has 0 unspecified atom stereocenters. The zero-order valence-electron chi connectivity index (χ0n) is 13.7. The summed E-state index contributed by atoms with van der Waals surface area (Å²) in [5, 5.41) is 19.6. The number of nitrogens with one attached hydrogen (secondary N) is 1. The van der Waals surface area contributed by atoms with Crippen molar-refractivity contribution in [2.45, 2.75) is 23.3 Å². The van der Waals surface area contributed by atoms with Crippen LogP contribution in [0.15, 0.2) is 59.5 Å². The van der Waals surface area contributed by atoms with Crippen molar-refractivity contribution in [1.29, 1.82) is 0 Å². The Morgan fingerprint density at radius 3 is 2.54 bits per heavy atom. The number of hydrogen-bond acceptors (Lipinski definition) is 5. The minimum absolute atomic E-state index is 0.0105. The number of nitro groups is 1. The molecule has 0 spiro atoms. The summed E-state index contributed by atoms with van der Waals surface area (Å²) in [5.41, 5.74) is 2.79. The molecule has 2 aromatic rings. The Morgan fingerprint density at radius 1 is 1.15 bits per heavy atom. The van der Waals surface area contributed by atoms with Crippen LogP contribution in [0.1, 0.15) is 29.5 Å². The van der Waals surface area contributed by atoms with Crippen molar-refractivity contribution >= 4 is 21.4 Å². The third-order valence-electron chi connectivity index (χ3n) is 5.13. The topological polar surface area (TPSA) is 115 Å². The number of fused-ring (bicyclic) bond motifs is 3. The number of primary sulfonamides is 1. The third-order valence-corrected chi connectivity index (χ3v) is 6.04. The lowest BCUT2D eigenvalue weighted by Gasteiger charge is -2.37. The Balaban J connectivity index is 1.74. The summed E-state index contributed by atoms with van der Waals surface area (Å²) in [4.78, 5) is 10.6. The standard InChI is InChI=1S/C18H17N3O4S/c19-26(24,25)13-8-9-17-16(10-13)14-2-1-3-15(14)18(20-17)11-4-6-12(7-5-11)21(22)23/h1-2,4-10,14-15,18,20H,3H2,(H2,19,24,25)/t14-,15+,18+/m0/s1. The normalized spacial score (nSPS) is 23.8. The molecule has 0 saturated heterocycles. The van der Waals surface area contributed by atoms with Crippen molar-refractivity contribution in [3.63, 3.8) is 0 Å². The molecule has 2 aromatic carbocycles. The number of nitro benzene ring substituents is 1. The summed E-state index contributed by atoms with van der Waals surface area (Å²) >= 11 is 0. The van der Waals surface area contributed by atoms with Crippen LogP contribution in [0.2, 0.25) is 0 Å². The van der Waals surface area contributed by atoms with Crippen molar-refractivity contribution in [1.82, 2.24) is 0 Å². The first-order valence-corrected chi connectivity index (χ1v) is 9.73. The minimum atomic E-state index is -3.76. The molecule has 8 heteroatoms. The van der Waals surface area contributed by atoms with Crippen molar-refractivity contribution in [3.05, 3.63) is 75.9 Å². The third kappa shape index (κ3) is 2.77. The number of nitrogens with zero attached hydrogens (tertiary/aromatic N) is 1. The van der Waals surface area contributed by atoms with Crippen molar-refractivity contribution in [2.24, 2.45) is 11.1 Å². The smallest absolute Gasteiger partial charge is 0.269 e. The Labute approximate surface area is 150 Å². The highest BCUT2D eigenvalue weighted by molar-refractivity contribution is 7.89. The first-order valence-electron chi connectivity index (χ1n) is 8.19. The minimum Gasteiger partial charge on any atom is -0.378 e. The lowest BCUT2D eigenvalue weighted by atomic mass is 9.77. The van der Waals surface area contributed by atoms with E-state index in [-0.39, 0.29) is 28.5 Å². The van der Waals surface area contributed by atoms with E-state index < -0.39 is 14.9 Å². The number of sulfonamides is 1. The van der Waals surface area contributed by atoms with Gasteiger partial charge in [0.1, 0.15) is 0 Å². The van der Waals surface area contributed by atoms with Crippen LogP contribution in [0.5, 0.6) is 0 Å². The Kier molecular flexibility index (Phi) is 3.82. The molecule has 0 saturated carbocycles. The number of anilines is 1. The fourth-order valence-electron chi connectivity index (χ4n) is 3.88. The van der Waals surface area contributed by atoms with Crippen LogP contribution in [0.25, 0.3) is 0 Å². The SMILES string of the molecule is NS(=O)(=O)c1ccc2c(c1)[C@H]1C=CC[C@H]1[C@@H](c1ccc([N+](=O)[O-])cc1)N2. The Bertz CT molecular complexity index is 1020. The Morgan fingerprint density at radius 2 is 1.88 bits per heavy atom. The van der Waals surface area contributed by atoms with Gasteiger partial charge in [-0.3, -0.25) is 10.1 Å². The monoisotopic (exact) mass is 371 g/mol. The van der Waals surface area contributed by atoms with Crippen LogP contribution < -0.4 is 10.5 Å². The number of rotatable bonds is 3. The van der Waals surface area contributed by atoms with Gasteiger partial charge in [0.15, 0.2) is 0 Å². The number of benzene rings is 2. The highest BCUT2D eigenvalue weighted by Crippen LogP contribution is 2.50. The van der Waals surface area contributed by atoms with E-state index in [0.717, 1.165) is 23.2 Å². The Hall–Kier alpha value is -2.71. The van der Waals surface area contributed by atoms with Crippen LogP contribution >= 0.6 is 0 Å². The van der Waals surface area contributed by atoms with Gasteiger partial charge in [-0.25, -0.2) is 13.6 Å². The summed E-state index contributed by atoms with van der Waals surface area (Å²) < 4.78 is 23.3. The van der Waals surface area contributed by atoms with Gasteiger partial charge in [-0.1, -0.05) is 24.3 Å². The molecule has 1 aliphatic heterocycles. The lowest BCUT2D eigenvalue weighted by Crippen LogP contribution is -2.29. The number of nitrogens with two attached hydrogens (primary N) is 1. The van der Waals surface area contributed by atoms with E-state index in [1.54, 1.807) is 24.3 Å². The predicted molar refractivity (Wildman–Crippen MR) is 97.3 cm³/mol. The van der Waals surface area contributed by atoms with Gasteiger partial charge in [-0.15, -0.1) is 0 Å². The molecule has 134 valence electrons. The molecule has 1 heterocycles. The largest absolute Gasteiger partial charge is 0.378 e. The molecular formula is C18H17N3O4S. The average molecular weight is 371 g/mol. The van der Waals surface area contributed by atoms with E-state index in [9.17, 15) is 18.5 Å². The van der Waals surface area contributed by atoms with Gasteiger partial charge in [0.25, 0.3) is 5.69 Å². The maximum atomic E-state index is 11.7. The summed E-state index contributed by atoms with van der Waals surface area (Å²) in [5.74, 6) is 0.285. The molecule has 0 aromatic heterocycles. The maximum Gasteiger partial charge on any atom is 0.269 e. The van der Waals surface area contributed by atoms with E-state index in [1.807, 2.05) is 0 Å². The molecule has 7 nitrogen and oxygen atoms in total. The zero-order valence-corrected chi connectivity index (χ0v) is 14.5. The van der Waals surface area contributed by atoms with Crippen LogP contribution in [0, 0.1) is 16.0 Å². The molecule has 0 fully saturated rings. The number of non-ortho nitro benzene ring substituents is 1. The van der Waals surface area contributed by atoms with Gasteiger partial charge in [-0.05, 0) is 41.7 Å². The van der Waals surface area contributed by atoms with Crippen molar-refractivity contribution in [2.75, 3.05) is 5.32 Å². The highest BCUT2D eigenvalue weighted by atomic mass is 32.2. The second kappa shape index (κ2) is 5.93. The second-order valence-corrected chi connectivity index (χ2v) is 8.18. The molecule has 3 N–H and O–H groups in total. The van der Waals surface area contributed by atoms with Gasteiger partial charge in [0.05, 0.1) is 15.9 Å². The molecular weight excluding hydrogens is 354 g/mol. The van der Waals surface area contributed by atoms with E-state index in [1.165, 1.54) is 18.2 Å². The fraction of sp³-hybridized carbons (Fsp3) is 0.222. The summed E-state index contributed by atoms with van der Waals surface area (Å²) in [6.07, 6.45) is 5.03. The quantitative estimate of drug-likeness (QED) is 0.489. The number of allylic oxidation sites excluding steroid dienone is 2. The molecule has 2 aliphatic rings. The molecule has 3 atom stereocenters. The molecule has 0 bridgehead atoms. The molecule has 26 heavy (non-hydrogen) atoms. The van der Waals surface area contributed by atoms with Gasteiger partial charge in [0, 0.05) is 23.7 Å². The van der Waals surface area contributed by atoms with Crippen LogP contribution in [0.4, 0.5) is 11.4 Å². The van der Waals surface area contributed by atoms with Crippen LogP contribution in [-0.2, 0) is 10.0 Å². The maximum absolute atomic E-state index is 11.7. The fourth-order valence-corrected chi connectivity index (χ4v) is 4.43. The zero-order chi connectivity index (χ0) is 18.5. The molecule has 0 amide bonds. The lowest BCUT2D eigenvalue weighted by molar-refractivity contribution is -0.384. The first kappa shape index (κ1) is 16.7. The second-order valence-electron chi connectivity index (χ2n) is 6.62. The van der Waals surface area contributed by atoms with Crippen molar-refractivity contribution in [3.8, 4) is 0 Å². The predicted octanol–water partition coefficient (Wildman–Crippen LogP) is 3.07. The number of hydrogen-bond donors (Lipinski definition) is 2. The van der Waals surface area contributed by atoms with E-state index in [4.69, 9.17) is 5.14 Å². The van der Waals surface area contributed by atoms with E-state index >= 15 is 0 Å². The molecule has 1 aliphatic carbocycles. The van der Waals surface area contributed by atoms with Crippen LogP contribution in [-0.4, -0.2) is 13.3 Å². The first-order chi connectivity index (χ1) is 12.3. The van der Waals surface area contributed by atoms with Gasteiger partial charge in [-0.2, -0.15) is 0 Å². The van der Waals surface area contributed by atoms with E-state index in [2.05, 4.69) is 17.5 Å². The summed E-state index contributed by atoms with van der Waals surface area (Å²) in [6, 6.07) is 11.4.